The van der Waals surface area contributed by atoms with Crippen molar-refractivity contribution in [3.8, 4) is 0 Å². The quantitative estimate of drug-likeness (QED) is 0.912. The topological polar surface area (TPSA) is 55.6 Å². The van der Waals surface area contributed by atoms with Crippen molar-refractivity contribution >= 4 is 27.7 Å². The lowest BCUT2D eigenvalue weighted by atomic mass is 10.1. The fourth-order valence-corrected chi connectivity index (χ4v) is 2.53. The Morgan fingerprint density at radius 1 is 1.59 bits per heavy atom. The molecule has 4 nitrogen and oxygen atoms in total. The number of hydrogen-bond donors (Lipinski definition) is 1. The van der Waals surface area contributed by atoms with E-state index < -0.39 is 5.60 Å². The molecule has 1 aliphatic rings. The maximum Gasteiger partial charge on any atom is 0.415 e. The first-order valence-electron chi connectivity index (χ1n) is 5.42. The first-order chi connectivity index (χ1) is 7.95. The molecule has 0 aliphatic carbocycles. The fraction of sp³-hybridized carbons (Fsp3) is 0.417. The molecule has 1 amide bonds. The van der Waals surface area contributed by atoms with Crippen LogP contribution in [0.2, 0.25) is 0 Å². The second-order valence-electron chi connectivity index (χ2n) is 4.56. The van der Waals surface area contributed by atoms with Crippen molar-refractivity contribution in [1.82, 2.24) is 0 Å². The minimum absolute atomic E-state index is 0.318. The van der Waals surface area contributed by atoms with E-state index in [0.29, 0.717) is 13.1 Å². The van der Waals surface area contributed by atoms with E-state index in [2.05, 4.69) is 15.9 Å². The Balaban J connectivity index is 2.32. The Hall–Kier alpha value is -1.07. The number of aryl methyl sites for hydroxylation is 1. The van der Waals surface area contributed by atoms with Crippen LogP contribution >= 0.6 is 15.9 Å². The lowest BCUT2D eigenvalue weighted by molar-refractivity contribution is 0.0789. The molecule has 1 atom stereocenters. The highest BCUT2D eigenvalue weighted by atomic mass is 79.9. The van der Waals surface area contributed by atoms with Crippen LogP contribution in [-0.2, 0) is 4.74 Å². The predicted molar refractivity (Wildman–Crippen MR) is 70.2 cm³/mol. The fourth-order valence-electron chi connectivity index (χ4n) is 1.82. The van der Waals surface area contributed by atoms with E-state index in [9.17, 15) is 4.79 Å². The lowest BCUT2D eigenvalue weighted by Gasteiger charge is -2.19. The van der Waals surface area contributed by atoms with Gasteiger partial charge in [-0.1, -0.05) is 6.07 Å². The van der Waals surface area contributed by atoms with E-state index in [1.165, 1.54) is 0 Å². The van der Waals surface area contributed by atoms with E-state index in [1.54, 1.807) is 4.90 Å². The van der Waals surface area contributed by atoms with Crippen molar-refractivity contribution in [2.45, 2.75) is 19.4 Å². The third kappa shape index (κ3) is 2.30. The van der Waals surface area contributed by atoms with Crippen molar-refractivity contribution in [3.05, 3.63) is 28.2 Å². The molecule has 1 unspecified atom stereocenters. The summed E-state index contributed by atoms with van der Waals surface area (Å²) in [4.78, 5) is 13.4. The van der Waals surface area contributed by atoms with E-state index >= 15 is 0 Å². The molecule has 1 fully saturated rings. The number of rotatable bonds is 2. The normalized spacial score (nSPS) is 24.0. The molecule has 2 rings (SSSR count). The van der Waals surface area contributed by atoms with Crippen LogP contribution in [-0.4, -0.2) is 24.8 Å². The van der Waals surface area contributed by atoms with Crippen LogP contribution in [0.4, 0.5) is 10.5 Å². The number of ether oxygens (including phenoxy) is 1. The second kappa shape index (κ2) is 4.31. The van der Waals surface area contributed by atoms with E-state index in [4.69, 9.17) is 10.5 Å². The average Bonchev–Trinajstić information content (AvgIpc) is 2.55. The van der Waals surface area contributed by atoms with Crippen LogP contribution < -0.4 is 10.6 Å². The largest absolute Gasteiger partial charge is 0.440 e. The summed E-state index contributed by atoms with van der Waals surface area (Å²) in [5, 5.41) is 0. The van der Waals surface area contributed by atoms with Crippen LogP contribution in [0.25, 0.3) is 0 Å². The summed E-state index contributed by atoms with van der Waals surface area (Å²) in [6.45, 7) is 4.64. The summed E-state index contributed by atoms with van der Waals surface area (Å²) >= 11 is 3.46. The summed E-state index contributed by atoms with van der Waals surface area (Å²) in [6.07, 6.45) is -0.345. The van der Waals surface area contributed by atoms with Crippen LogP contribution in [0.15, 0.2) is 22.7 Å². The number of amides is 1. The number of anilines is 1. The van der Waals surface area contributed by atoms with Gasteiger partial charge < -0.3 is 10.5 Å². The molecular weight excluding hydrogens is 284 g/mol. The van der Waals surface area contributed by atoms with Gasteiger partial charge in [-0.25, -0.2) is 4.79 Å². The molecule has 1 heterocycles. The highest BCUT2D eigenvalue weighted by Gasteiger charge is 2.41. The van der Waals surface area contributed by atoms with Gasteiger partial charge in [0.15, 0.2) is 0 Å². The molecule has 1 aromatic carbocycles. The third-order valence-corrected chi connectivity index (χ3v) is 3.51. The van der Waals surface area contributed by atoms with Crippen LogP contribution in [0.1, 0.15) is 12.5 Å². The second-order valence-corrected chi connectivity index (χ2v) is 5.42. The maximum atomic E-state index is 11.8. The van der Waals surface area contributed by atoms with Crippen LogP contribution in [0.3, 0.4) is 0 Å². The third-order valence-electron chi connectivity index (χ3n) is 2.87. The van der Waals surface area contributed by atoms with Crippen molar-refractivity contribution in [2.24, 2.45) is 5.73 Å². The highest BCUT2D eigenvalue weighted by Crippen LogP contribution is 2.33. The molecule has 17 heavy (non-hydrogen) atoms. The highest BCUT2D eigenvalue weighted by molar-refractivity contribution is 9.10. The zero-order valence-electron chi connectivity index (χ0n) is 9.87. The van der Waals surface area contributed by atoms with Gasteiger partial charge in [0.2, 0.25) is 0 Å². The summed E-state index contributed by atoms with van der Waals surface area (Å²) in [7, 11) is 0. The van der Waals surface area contributed by atoms with Crippen molar-refractivity contribution < 1.29 is 9.53 Å². The minimum atomic E-state index is -0.596. The summed E-state index contributed by atoms with van der Waals surface area (Å²) in [5.41, 5.74) is 6.97. The summed E-state index contributed by atoms with van der Waals surface area (Å²) < 4.78 is 6.18. The molecule has 0 spiro atoms. The van der Waals surface area contributed by atoms with Gasteiger partial charge in [-0.3, -0.25) is 4.90 Å². The minimum Gasteiger partial charge on any atom is -0.440 e. The van der Waals surface area contributed by atoms with Gasteiger partial charge in [0.1, 0.15) is 5.60 Å². The lowest BCUT2D eigenvalue weighted by Crippen LogP contribution is -2.38. The zero-order valence-corrected chi connectivity index (χ0v) is 11.5. The standard InChI is InChI=1S/C12H15BrN2O2/c1-8-3-4-10(9(13)5-8)15-7-12(2,6-14)17-11(15)16/h3-5H,6-7,14H2,1-2H3. The SMILES string of the molecule is Cc1ccc(N2CC(C)(CN)OC2=O)c(Br)c1. The van der Waals surface area contributed by atoms with Crippen LogP contribution in [0.5, 0.6) is 0 Å². The Labute approximate surface area is 109 Å². The molecule has 0 aromatic heterocycles. The summed E-state index contributed by atoms with van der Waals surface area (Å²) in [5.74, 6) is 0. The molecule has 1 aromatic rings. The van der Waals surface area contributed by atoms with E-state index in [-0.39, 0.29) is 6.09 Å². The first-order valence-corrected chi connectivity index (χ1v) is 6.21. The molecule has 5 heteroatoms. The zero-order chi connectivity index (χ0) is 12.6. The average molecular weight is 299 g/mol. The number of benzene rings is 1. The Bertz CT molecular complexity index is 464. The number of carbonyl (C=O) groups is 1. The number of carbonyl (C=O) groups excluding carboxylic acids is 1. The van der Waals surface area contributed by atoms with Gasteiger partial charge in [0, 0.05) is 11.0 Å². The number of nitrogens with two attached hydrogens (primary N) is 1. The van der Waals surface area contributed by atoms with Crippen molar-refractivity contribution in [3.63, 3.8) is 0 Å². The maximum absolute atomic E-state index is 11.8. The van der Waals surface area contributed by atoms with E-state index in [0.717, 1.165) is 15.7 Å². The monoisotopic (exact) mass is 298 g/mol. The Morgan fingerprint density at radius 3 is 2.82 bits per heavy atom. The van der Waals surface area contributed by atoms with Gasteiger partial charge in [-0.05, 0) is 47.5 Å². The van der Waals surface area contributed by atoms with Gasteiger partial charge >= 0.3 is 6.09 Å². The Morgan fingerprint density at radius 2 is 2.29 bits per heavy atom. The number of hydrogen-bond acceptors (Lipinski definition) is 3. The van der Waals surface area contributed by atoms with Crippen LogP contribution in [0, 0.1) is 6.92 Å². The molecule has 1 aliphatic heterocycles. The van der Waals surface area contributed by atoms with Gasteiger partial charge in [-0.2, -0.15) is 0 Å². The molecule has 0 radical (unpaired) electrons. The molecular formula is C12H15BrN2O2. The molecule has 0 bridgehead atoms. The number of halogens is 1. The van der Waals surface area contributed by atoms with Gasteiger partial charge in [-0.15, -0.1) is 0 Å². The predicted octanol–water partition coefficient (Wildman–Crippen LogP) is 2.43. The van der Waals surface area contributed by atoms with Gasteiger partial charge in [0.05, 0.1) is 12.2 Å². The Kier molecular flexibility index (Phi) is 3.14. The number of cyclic esters (lactones) is 1. The van der Waals surface area contributed by atoms with E-state index in [1.807, 2.05) is 32.0 Å². The van der Waals surface area contributed by atoms with Crippen molar-refractivity contribution in [1.29, 1.82) is 0 Å². The van der Waals surface area contributed by atoms with Gasteiger partial charge in [0.25, 0.3) is 0 Å². The number of nitrogens with zero attached hydrogens (tertiary/aromatic N) is 1. The smallest absolute Gasteiger partial charge is 0.415 e. The molecule has 1 saturated heterocycles. The summed E-state index contributed by atoms with van der Waals surface area (Å²) in [6, 6.07) is 5.84. The van der Waals surface area contributed by atoms with Crippen molar-refractivity contribution in [2.75, 3.05) is 18.0 Å². The first kappa shape index (κ1) is 12.4. The molecule has 92 valence electrons. The molecule has 0 saturated carbocycles. The molecule has 2 N–H and O–H groups in total.